The number of hydrogen-bond donors (Lipinski definition) is 1. The fourth-order valence-electron chi connectivity index (χ4n) is 1.79. The lowest BCUT2D eigenvalue weighted by Crippen LogP contribution is -2.15. The van der Waals surface area contributed by atoms with Crippen LogP contribution in [0.15, 0.2) is 45.8 Å². The van der Waals surface area contributed by atoms with Crippen molar-refractivity contribution in [3.63, 3.8) is 0 Å². The average molecular weight is 369 g/mol. The van der Waals surface area contributed by atoms with Crippen LogP contribution in [0.1, 0.15) is 11.1 Å². The molecule has 0 aliphatic heterocycles. The molecule has 4 nitrogen and oxygen atoms in total. The molecule has 2 rings (SSSR count). The van der Waals surface area contributed by atoms with Crippen molar-refractivity contribution in [2.45, 2.75) is 11.8 Å². The summed E-state index contributed by atoms with van der Waals surface area (Å²) in [4.78, 5) is 0.0602. The Balaban J connectivity index is 2.51. The average Bonchev–Trinajstić information content (AvgIpc) is 2.41. The molecule has 0 bridgehead atoms. The number of anilines is 1. The van der Waals surface area contributed by atoms with Crippen molar-refractivity contribution in [1.29, 1.82) is 5.26 Å². The van der Waals surface area contributed by atoms with Crippen LogP contribution in [-0.2, 0) is 10.0 Å². The van der Waals surface area contributed by atoms with E-state index < -0.39 is 15.8 Å². The van der Waals surface area contributed by atoms with Gasteiger partial charge in [-0.1, -0.05) is 28.1 Å². The predicted molar refractivity (Wildman–Crippen MR) is 80.8 cm³/mol. The molecule has 0 fully saturated rings. The number of nitrogens with one attached hydrogen (secondary N) is 1. The molecule has 0 unspecified atom stereocenters. The van der Waals surface area contributed by atoms with E-state index in [9.17, 15) is 12.8 Å². The lowest BCUT2D eigenvalue weighted by atomic mass is 10.2. The highest BCUT2D eigenvalue weighted by Crippen LogP contribution is 2.25. The highest BCUT2D eigenvalue weighted by Gasteiger charge is 2.20. The van der Waals surface area contributed by atoms with E-state index in [1.807, 2.05) is 0 Å². The van der Waals surface area contributed by atoms with Gasteiger partial charge in [-0.2, -0.15) is 5.26 Å². The minimum atomic E-state index is -3.91. The molecule has 0 radical (unpaired) electrons. The zero-order valence-corrected chi connectivity index (χ0v) is 13.3. The second kappa shape index (κ2) is 5.84. The summed E-state index contributed by atoms with van der Waals surface area (Å²) >= 11 is 3.21. The van der Waals surface area contributed by atoms with Gasteiger partial charge in [0, 0.05) is 4.47 Å². The zero-order valence-electron chi connectivity index (χ0n) is 10.9. The van der Waals surface area contributed by atoms with Gasteiger partial charge in [-0.15, -0.1) is 0 Å². The van der Waals surface area contributed by atoms with Crippen molar-refractivity contribution in [2.75, 3.05) is 4.72 Å². The van der Waals surface area contributed by atoms with E-state index in [1.54, 1.807) is 25.1 Å². The highest BCUT2D eigenvalue weighted by molar-refractivity contribution is 9.10. The molecule has 0 aliphatic carbocycles. The van der Waals surface area contributed by atoms with Crippen LogP contribution in [0.4, 0.5) is 10.1 Å². The molecule has 0 heterocycles. The minimum Gasteiger partial charge on any atom is -0.278 e. The van der Waals surface area contributed by atoms with Crippen LogP contribution >= 0.6 is 15.9 Å². The molecule has 0 atom stereocenters. The topological polar surface area (TPSA) is 70.0 Å². The van der Waals surface area contributed by atoms with E-state index in [-0.39, 0.29) is 16.1 Å². The van der Waals surface area contributed by atoms with Crippen LogP contribution in [0, 0.1) is 24.1 Å². The molecular formula is C14H10BrFN2O2S. The first kappa shape index (κ1) is 15.5. The number of halogens is 2. The molecule has 0 amide bonds. The third kappa shape index (κ3) is 3.23. The quantitative estimate of drug-likeness (QED) is 0.899. The number of benzene rings is 2. The summed E-state index contributed by atoms with van der Waals surface area (Å²) in [5, 5.41) is 8.93. The maximum absolute atomic E-state index is 13.5. The predicted octanol–water partition coefficient (Wildman–Crippen LogP) is 3.57. The number of rotatable bonds is 3. The largest absolute Gasteiger partial charge is 0.278 e. The minimum absolute atomic E-state index is 0.0602. The maximum Gasteiger partial charge on any atom is 0.262 e. The summed E-state index contributed by atoms with van der Waals surface area (Å²) < 4.78 is 41.1. The molecule has 0 aromatic heterocycles. The molecule has 7 heteroatoms. The van der Waals surface area contributed by atoms with Gasteiger partial charge in [0.05, 0.1) is 10.6 Å². The van der Waals surface area contributed by atoms with Crippen molar-refractivity contribution >= 4 is 31.6 Å². The van der Waals surface area contributed by atoms with Crippen LogP contribution in [0.3, 0.4) is 0 Å². The maximum atomic E-state index is 13.5. The fraction of sp³-hybridized carbons (Fsp3) is 0.0714. The third-order valence-electron chi connectivity index (χ3n) is 2.81. The van der Waals surface area contributed by atoms with Crippen molar-refractivity contribution < 1.29 is 12.8 Å². The van der Waals surface area contributed by atoms with Gasteiger partial charge in [0.1, 0.15) is 17.4 Å². The van der Waals surface area contributed by atoms with E-state index in [1.165, 1.54) is 18.2 Å². The normalized spacial score (nSPS) is 11.0. The van der Waals surface area contributed by atoms with Gasteiger partial charge in [-0.05, 0) is 36.8 Å². The highest BCUT2D eigenvalue weighted by atomic mass is 79.9. The van der Waals surface area contributed by atoms with Crippen molar-refractivity contribution in [3.05, 3.63) is 57.8 Å². The molecule has 1 N–H and O–H groups in total. The van der Waals surface area contributed by atoms with Crippen LogP contribution in [0.5, 0.6) is 0 Å². The molecule has 0 spiro atoms. The van der Waals surface area contributed by atoms with E-state index in [0.717, 1.165) is 6.07 Å². The summed E-state index contributed by atoms with van der Waals surface area (Å²) in [5.74, 6) is -0.774. The van der Waals surface area contributed by atoms with Crippen LogP contribution in [0.2, 0.25) is 0 Å². The molecule has 0 saturated carbocycles. The Morgan fingerprint density at radius 1 is 1.29 bits per heavy atom. The number of aryl methyl sites for hydroxylation is 1. The number of sulfonamides is 1. The Morgan fingerprint density at radius 2 is 2.00 bits per heavy atom. The molecule has 0 saturated heterocycles. The lowest BCUT2D eigenvalue weighted by Gasteiger charge is -2.12. The number of nitriles is 1. The van der Waals surface area contributed by atoms with Crippen molar-refractivity contribution in [2.24, 2.45) is 0 Å². The third-order valence-corrected chi connectivity index (χ3v) is 4.81. The van der Waals surface area contributed by atoms with Gasteiger partial charge in [-0.3, -0.25) is 4.72 Å². The molecule has 2 aromatic rings. The van der Waals surface area contributed by atoms with E-state index in [2.05, 4.69) is 20.7 Å². The van der Waals surface area contributed by atoms with Crippen molar-refractivity contribution in [3.8, 4) is 6.07 Å². The summed E-state index contributed by atoms with van der Waals surface area (Å²) in [7, 11) is -3.91. The van der Waals surface area contributed by atoms with E-state index >= 15 is 0 Å². The summed E-state index contributed by atoms with van der Waals surface area (Å²) in [5.41, 5.74) is 0.117. The van der Waals surface area contributed by atoms with Crippen LogP contribution in [0.25, 0.3) is 0 Å². The lowest BCUT2D eigenvalue weighted by molar-refractivity contribution is 0.600. The van der Waals surface area contributed by atoms with Gasteiger partial charge >= 0.3 is 0 Å². The van der Waals surface area contributed by atoms with E-state index in [0.29, 0.717) is 10.0 Å². The molecule has 2 aromatic carbocycles. The number of hydrogen-bond acceptors (Lipinski definition) is 3. The van der Waals surface area contributed by atoms with Gasteiger partial charge in [0.25, 0.3) is 10.0 Å². The van der Waals surface area contributed by atoms with Gasteiger partial charge in [0.2, 0.25) is 0 Å². The van der Waals surface area contributed by atoms with Gasteiger partial charge in [0.15, 0.2) is 0 Å². The Bertz CT molecular complexity index is 845. The summed E-state index contributed by atoms with van der Waals surface area (Å²) in [6.45, 7) is 1.65. The van der Waals surface area contributed by atoms with Crippen LogP contribution < -0.4 is 4.72 Å². The summed E-state index contributed by atoms with van der Waals surface area (Å²) in [6, 6.07) is 10.2. The SMILES string of the molecule is Cc1ccc(Br)cc1S(=O)(=O)Nc1cccc(F)c1C#N. The second-order valence-corrected chi connectivity index (χ2v) is 6.86. The Morgan fingerprint density at radius 3 is 2.67 bits per heavy atom. The molecule has 21 heavy (non-hydrogen) atoms. The standard InChI is InChI=1S/C14H10BrFN2O2S/c1-9-5-6-10(15)7-14(9)21(19,20)18-13-4-2-3-12(16)11(13)8-17/h2-7,18H,1H3. The van der Waals surface area contributed by atoms with Crippen LogP contribution in [-0.4, -0.2) is 8.42 Å². The van der Waals surface area contributed by atoms with E-state index in [4.69, 9.17) is 5.26 Å². The van der Waals surface area contributed by atoms with Gasteiger partial charge in [-0.25, -0.2) is 12.8 Å². The monoisotopic (exact) mass is 368 g/mol. The Hall–Kier alpha value is -1.91. The molecule has 108 valence electrons. The molecule has 0 aliphatic rings. The fourth-order valence-corrected chi connectivity index (χ4v) is 3.64. The Kier molecular flexibility index (Phi) is 4.30. The first-order chi connectivity index (χ1) is 9.85. The number of nitrogens with zero attached hydrogens (tertiary/aromatic N) is 1. The smallest absolute Gasteiger partial charge is 0.262 e. The first-order valence-corrected chi connectivity index (χ1v) is 8.10. The second-order valence-electron chi connectivity index (χ2n) is 4.29. The Labute approximate surface area is 130 Å². The van der Waals surface area contributed by atoms with Crippen molar-refractivity contribution in [1.82, 2.24) is 0 Å². The first-order valence-electron chi connectivity index (χ1n) is 5.83. The zero-order chi connectivity index (χ0) is 15.6. The van der Waals surface area contributed by atoms with Gasteiger partial charge < -0.3 is 0 Å². The molecular weight excluding hydrogens is 359 g/mol. The summed E-state index contributed by atoms with van der Waals surface area (Å²) in [6.07, 6.45) is 0.